The Morgan fingerprint density at radius 1 is 0.225 bits per heavy atom. The lowest BCUT2D eigenvalue weighted by molar-refractivity contribution is -0.381. The van der Waals surface area contributed by atoms with E-state index in [1.807, 2.05) is 0 Å². The minimum absolute atomic E-state index is 0.656. The van der Waals surface area contributed by atoms with Crippen molar-refractivity contribution in [1.29, 1.82) is 0 Å². The summed E-state index contributed by atoms with van der Waals surface area (Å²) in [4.78, 5) is 0. The third-order valence-corrected chi connectivity index (χ3v) is 18.9. The van der Waals surface area contributed by atoms with Crippen LogP contribution in [0, 0.1) is 0 Å². The van der Waals surface area contributed by atoms with E-state index >= 15 is 0 Å². The molecule has 0 radical (unpaired) electrons. The van der Waals surface area contributed by atoms with Crippen LogP contribution >= 0.6 is 0 Å². The second kappa shape index (κ2) is 36.8. The van der Waals surface area contributed by atoms with E-state index < -0.39 is 343 Å². The molecule has 9 rings (SSSR count). The van der Waals surface area contributed by atoms with Crippen LogP contribution in [-0.4, -0.2) is 486 Å². The van der Waals surface area contributed by atoms with Crippen molar-refractivity contribution >= 4 is 0 Å². The number of aliphatic hydroxyl groups excluding tert-OH is 28. The van der Waals surface area contributed by atoms with Crippen molar-refractivity contribution in [2.75, 3.05) is 66.2 Å². The Balaban J connectivity index is 1.02. The van der Waals surface area contributed by atoms with Crippen LogP contribution in [0.1, 0.15) is 0 Å². The first-order valence-electron chi connectivity index (χ1n) is 32.4. The Morgan fingerprint density at radius 2 is 0.441 bits per heavy atom. The maximum Gasteiger partial charge on any atom is 0.188 e. The topological polar surface area (TPSA) is 759 Å². The summed E-state index contributed by atoms with van der Waals surface area (Å²) in [5.74, 6) is 0. The molecule has 47 heteroatoms. The minimum atomic E-state index is -2.55. The van der Waals surface area contributed by atoms with Crippen LogP contribution in [0.15, 0.2) is 0 Å². The van der Waals surface area contributed by atoms with Gasteiger partial charge in [-0.15, -0.1) is 0 Å². The molecule has 9 saturated heterocycles. The fraction of sp³-hybridized carbons (Fsp3) is 1.00. The van der Waals surface area contributed by atoms with Gasteiger partial charge in [0.15, 0.2) is 56.6 Å². The van der Waals surface area contributed by atoms with E-state index in [-0.39, 0.29) is 0 Å². The Morgan fingerprint density at radius 3 is 0.745 bits per heavy atom. The molecule has 0 aliphatic carbocycles. The number of hydrogen-bond donors (Lipinski definition) is 29. The molecule has 0 spiro atoms. The monoisotopic (exact) mass is 1510 g/mol. The summed E-state index contributed by atoms with van der Waals surface area (Å²) in [6.45, 7) is -10.7. The molecule has 0 aromatic rings. The standard InChI is InChI=1S/C55H95NO46/c56-10-85-47-31(80)44(39(17(7-63)89-47)95-48-27(76)23(72)20(69)14(4-60)86-48)101-54-32(81)42(37(93-54)12(67)2-58)99-53-35(84)46(41(19(9-65)91-53)97-50-29(78)25(74)22(71)16(6-62)88-50)102-55-33(82)43(38(94-55)13(68)3-59)98-52-34(83)45(100-51-30(79)26(75)36(92-51)11(66)1-57)40(18(8-64)90-52)96-49-28(77)24(73)21(70)15(5-61)87-49/h11-55,57-84H,1-10,56H2/t11-,12-,13-,14?,15?,16?,17?,18?,19?,20+,21+,22+,23+,24+,25+,26?,27?,28?,29?,30+,31?,32+,33+,34?,35?,36+,37+,38+,39+,40+,41+,42?,43?,44-,45-,46-,47+,48-,49-,50-,51+,52-,53-,54+,55+/m1/s1. The molecule has 9 heterocycles. The zero-order chi connectivity index (χ0) is 74.8. The maximum atomic E-state index is 12.5. The third kappa shape index (κ3) is 17.3. The Hall–Kier alpha value is -1.88. The van der Waals surface area contributed by atoms with Gasteiger partial charge >= 0.3 is 0 Å². The lowest BCUT2D eigenvalue weighted by atomic mass is 9.96. The average Bonchev–Trinajstić information content (AvgIpc) is 1.48. The van der Waals surface area contributed by atoms with E-state index in [0.29, 0.717) is 0 Å². The van der Waals surface area contributed by atoms with Crippen LogP contribution < -0.4 is 5.73 Å². The fourth-order valence-corrected chi connectivity index (χ4v) is 13.2. The first-order valence-corrected chi connectivity index (χ1v) is 32.4. The van der Waals surface area contributed by atoms with E-state index in [2.05, 4.69) is 0 Å². The molecule has 9 aliphatic heterocycles. The van der Waals surface area contributed by atoms with E-state index in [1.165, 1.54) is 0 Å². The van der Waals surface area contributed by atoms with Crippen LogP contribution in [0.4, 0.5) is 0 Å². The summed E-state index contributed by atoms with van der Waals surface area (Å²) in [6, 6.07) is 0. The zero-order valence-electron chi connectivity index (χ0n) is 53.5. The molecule has 45 atom stereocenters. The van der Waals surface area contributed by atoms with Gasteiger partial charge in [0, 0.05) is 0 Å². The van der Waals surface area contributed by atoms with Gasteiger partial charge in [-0.05, 0) is 0 Å². The summed E-state index contributed by atoms with van der Waals surface area (Å²) >= 11 is 0. The molecule has 15 unspecified atom stereocenters. The van der Waals surface area contributed by atoms with Crippen LogP contribution in [-0.2, 0) is 85.3 Å². The van der Waals surface area contributed by atoms with Gasteiger partial charge < -0.3 is 234 Å². The van der Waals surface area contributed by atoms with Gasteiger partial charge in [0.2, 0.25) is 0 Å². The van der Waals surface area contributed by atoms with E-state index in [4.69, 9.17) is 91.0 Å². The van der Waals surface area contributed by atoms with Gasteiger partial charge in [0.05, 0.1) is 66.2 Å². The Kier molecular flexibility index (Phi) is 30.3. The molecule has 0 saturated carbocycles. The van der Waals surface area contributed by atoms with E-state index in [9.17, 15) is 143 Å². The quantitative estimate of drug-likeness (QED) is 0.0297. The van der Waals surface area contributed by atoms with Crippen molar-refractivity contribution in [1.82, 2.24) is 0 Å². The predicted octanol–water partition coefficient (Wildman–Crippen LogP) is -20.7. The molecule has 0 aromatic carbocycles. The normalized spacial score (nSPS) is 51.3. The van der Waals surface area contributed by atoms with Crippen molar-refractivity contribution < 1.29 is 228 Å². The second-order valence-corrected chi connectivity index (χ2v) is 25.5. The van der Waals surface area contributed by atoms with Gasteiger partial charge in [0.25, 0.3) is 0 Å². The summed E-state index contributed by atoms with van der Waals surface area (Å²) < 4.78 is 105. The van der Waals surface area contributed by atoms with Crippen molar-refractivity contribution in [2.45, 2.75) is 276 Å². The predicted molar refractivity (Wildman–Crippen MR) is 305 cm³/mol. The molecule has 0 bridgehead atoms. The molecule has 102 heavy (non-hydrogen) atoms. The van der Waals surface area contributed by atoms with Crippen LogP contribution in [0.25, 0.3) is 0 Å². The number of aliphatic hydroxyl groups is 28. The number of ether oxygens (including phenoxy) is 18. The van der Waals surface area contributed by atoms with Gasteiger partial charge in [0.1, 0.15) is 220 Å². The molecular formula is C55H95NO46. The van der Waals surface area contributed by atoms with Crippen molar-refractivity contribution in [3.63, 3.8) is 0 Å². The Bertz CT molecular complexity index is 2500. The third-order valence-electron chi connectivity index (χ3n) is 18.9. The molecule has 9 fully saturated rings. The highest BCUT2D eigenvalue weighted by Crippen LogP contribution is 2.42. The highest BCUT2D eigenvalue weighted by atomic mass is 16.8. The summed E-state index contributed by atoms with van der Waals surface area (Å²) in [5.41, 5.74) is 5.57. The first-order chi connectivity index (χ1) is 48.5. The largest absolute Gasteiger partial charge is 0.394 e. The lowest BCUT2D eigenvalue weighted by Gasteiger charge is -2.48. The molecule has 0 aromatic heterocycles. The molecule has 47 nitrogen and oxygen atoms in total. The van der Waals surface area contributed by atoms with Gasteiger partial charge in [-0.2, -0.15) is 0 Å². The number of hydrogen-bond acceptors (Lipinski definition) is 47. The first kappa shape index (κ1) is 84.1. The highest BCUT2D eigenvalue weighted by Gasteiger charge is 2.63. The zero-order valence-corrected chi connectivity index (χ0v) is 53.5. The van der Waals surface area contributed by atoms with Crippen LogP contribution in [0.3, 0.4) is 0 Å². The Labute approximate surface area is 575 Å². The van der Waals surface area contributed by atoms with Gasteiger partial charge in [-0.1, -0.05) is 0 Å². The summed E-state index contributed by atoms with van der Waals surface area (Å²) in [5, 5.41) is 305. The highest BCUT2D eigenvalue weighted by molar-refractivity contribution is 5.04. The van der Waals surface area contributed by atoms with E-state index in [1.54, 1.807) is 0 Å². The van der Waals surface area contributed by atoms with Crippen LogP contribution in [0.2, 0.25) is 0 Å². The molecular weight excluding hydrogens is 1410 g/mol. The summed E-state index contributed by atoms with van der Waals surface area (Å²) in [7, 11) is 0. The maximum absolute atomic E-state index is 12.5. The minimum Gasteiger partial charge on any atom is -0.394 e. The number of rotatable bonds is 30. The smallest absolute Gasteiger partial charge is 0.188 e. The fourth-order valence-electron chi connectivity index (χ4n) is 13.2. The van der Waals surface area contributed by atoms with Gasteiger partial charge in [-0.3, -0.25) is 0 Å². The van der Waals surface area contributed by atoms with Crippen molar-refractivity contribution in [3.05, 3.63) is 0 Å². The SMILES string of the molecule is NCO[C@H]1OC(CO)[C@H](O[C@H]2OC(CO)[C@H](O)[C@H](O)C2O)[C@H](O[C@@H]2O[C@@H]([C@H](O)CO)C(O[C@H]3OC(CO)[C@H](O[C@H]4OC(CO)[C@H](O)[C@H](O)C4O)[C@H](O[C@@H]4O[C@@H]([C@H](O)CO)C(O[C@H]5OC(CO)[C@H](O[C@H]6OC(CO)[C@H](O)[C@H](O)C6O)[C@H](O[C@@H]6O[C@@H]([C@H](O)CO)C(O)[C@@H]6O)C5O)[C@@H]4O)C3O)[C@@H]2O)C1O. The molecule has 596 valence electrons. The number of nitrogens with two attached hydrogens (primary N) is 1. The molecule has 30 N–H and O–H groups in total. The van der Waals surface area contributed by atoms with Crippen LogP contribution in [0.5, 0.6) is 0 Å². The summed E-state index contributed by atoms with van der Waals surface area (Å²) in [6.07, 6.45) is -94.2. The van der Waals surface area contributed by atoms with Crippen molar-refractivity contribution in [3.8, 4) is 0 Å². The average molecular weight is 1510 g/mol. The second-order valence-electron chi connectivity index (χ2n) is 25.5. The lowest BCUT2D eigenvalue weighted by Crippen LogP contribution is -2.66. The molecule has 0 amide bonds. The van der Waals surface area contributed by atoms with E-state index in [0.717, 1.165) is 0 Å². The molecule has 9 aliphatic rings. The van der Waals surface area contributed by atoms with Crippen molar-refractivity contribution in [2.24, 2.45) is 5.73 Å². The van der Waals surface area contributed by atoms with Gasteiger partial charge in [-0.25, -0.2) is 0 Å².